The minimum Gasteiger partial charge on any atom is -0.350 e. The van der Waals surface area contributed by atoms with Crippen molar-refractivity contribution in [2.24, 2.45) is 5.92 Å². The average Bonchev–Trinajstić information content (AvgIpc) is 2.81. The predicted octanol–water partition coefficient (Wildman–Crippen LogP) is 1.01. The number of rotatable bonds is 4. The highest BCUT2D eigenvalue weighted by atomic mass is 16.1. The molecule has 1 aliphatic rings. The molecule has 17 heavy (non-hydrogen) atoms. The van der Waals surface area contributed by atoms with Crippen LogP contribution in [0.4, 0.5) is 0 Å². The standard InChI is InChI=1S/C13H19N3O/c1-10-3-2-5-15-12(10)9-16-13(17)7-11-4-6-14-8-11/h2-3,5,11,14H,4,6-9H2,1H3,(H,16,17). The van der Waals surface area contributed by atoms with Crippen LogP contribution in [0.1, 0.15) is 24.1 Å². The lowest BCUT2D eigenvalue weighted by Gasteiger charge is -2.09. The summed E-state index contributed by atoms with van der Waals surface area (Å²) in [6, 6.07) is 3.92. The molecule has 0 radical (unpaired) electrons. The predicted molar refractivity (Wildman–Crippen MR) is 66.4 cm³/mol. The van der Waals surface area contributed by atoms with Crippen molar-refractivity contribution in [2.45, 2.75) is 26.3 Å². The van der Waals surface area contributed by atoms with E-state index in [1.165, 1.54) is 0 Å². The SMILES string of the molecule is Cc1cccnc1CNC(=O)CC1CCNC1. The van der Waals surface area contributed by atoms with Gasteiger partial charge in [-0.3, -0.25) is 9.78 Å². The highest BCUT2D eigenvalue weighted by Gasteiger charge is 2.17. The van der Waals surface area contributed by atoms with Crippen LogP contribution in [-0.4, -0.2) is 24.0 Å². The molecule has 0 saturated carbocycles. The van der Waals surface area contributed by atoms with Crippen molar-refractivity contribution >= 4 is 5.91 Å². The molecule has 2 heterocycles. The van der Waals surface area contributed by atoms with Gasteiger partial charge in [0.1, 0.15) is 0 Å². The van der Waals surface area contributed by atoms with Crippen LogP contribution in [0.25, 0.3) is 0 Å². The number of aromatic nitrogens is 1. The molecule has 1 atom stereocenters. The molecule has 1 amide bonds. The second-order valence-corrected chi connectivity index (χ2v) is 4.61. The van der Waals surface area contributed by atoms with Crippen LogP contribution in [0.2, 0.25) is 0 Å². The molecule has 4 nitrogen and oxygen atoms in total. The summed E-state index contributed by atoms with van der Waals surface area (Å²) in [4.78, 5) is 16.0. The quantitative estimate of drug-likeness (QED) is 0.816. The third-order valence-electron chi connectivity index (χ3n) is 3.21. The monoisotopic (exact) mass is 233 g/mol. The summed E-state index contributed by atoms with van der Waals surface area (Å²) in [6.45, 7) is 4.55. The lowest BCUT2D eigenvalue weighted by atomic mass is 10.0. The summed E-state index contributed by atoms with van der Waals surface area (Å²) in [5.41, 5.74) is 2.07. The zero-order valence-electron chi connectivity index (χ0n) is 10.2. The van der Waals surface area contributed by atoms with Crippen molar-refractivity contribution in [3.05, 3.63) is 29.6 Å². The van der Waals surface area contributed by atoms with Gasteiger partial charge in [0.05, 0.1) is 12.2 Å². The van der Waals surface area contributed by atoms with Gasteiger partial charge in [-0.1, -0.05) is 6.07 Å². The zero-order chi connectivity index (χ0) is 12.1. The van der Waals surface area contributed by atoms with Gasteiger partial charge in [0.2, 0.25) is 5.91 Å². The van der Waals surface area contributed by atoms with Crippen molar-refractivity contribution in [3.8, 4) is 0 Å². The maximum absolute atomic E-state index is 11.7. The van der Waals surface area contributed by atoms with Crippen molar-refractivity contribution in [2.75, 3.05) is 13.1 Å². The first-order valence-corrected chi connectivity index (χ1v) is 6.13. The number of nitrogens with one attached hydrogen (secondary N) is 2. The van der Waals surface area contributed by atoms with Gasteiger partial charge in [0.25, 0.3) is 0 Å². The van der Waals surface area contributed by atoms with E-state index in [-0.39, 0.29) is 5.91 Å². The summed E-state index contributed by atoms with van der Waals surface area (Å²) < 4.78 is 0. The van der Waals surface area contributed by atoms with Gasteiger partial charge in [-0.25, -0.2) is 0 Å². The van der Waals surface area contributed by atoms with Gasteiger partial charge in [0, 0.05) is 12.6 Å². The fraction of sp³-hybridized carbons (Fsp3) is 0.538. The van der Waals surface area contributed by atoms with E-state index in [9.17, 15) is 4.79 Å². The van der Waals surface area contributed by atoms with Gasteiger partial charge in [-0.2, -0.15) is 0 Å². The van der Waals surface area contributed by atoms with Crippen LogP contribution in [0.15, 0.2) is 18.3 Å². The van der Waals surface area contributed by atoms with Crippen LogP contribution >= 0.6 is 0 Å². The number of hydrogen-bond donors (Lipinski definition) is 2. The minimum absolute atomic E-state index is 0.128. The molecule has 92 valence electrons. The smallest absolute Gasteiger partial charge is 0.220 e. The Morgan fingerprint density at radius 3 is 3.24 bits per heavy atom. The summed E-state index contributed by atoms with van der Waals surface area (Å²) in [6.07, 6.45) is 3.49. The van der Waals surface area contributed by atoms with E-state index in [1.54, 1.807) is 6.20 Å². The molecule has 1 aromatic rings. The Kier molecular flexibility index (Phi) is 4.09. The Morgan fingerprint density at radius 2 is 2.53 bits per heavy atom. The number of amides is 1. The van der Waals surface area contributed by atoms with E-state index >= 15 is 0 Å². The van der Waals surface area contributed by atoms with Crippen LogP contribution in [0.5, 0.6) is 0 Å². The Bertz CT molecular complexity index is 386. The highest BCUT2D eigenvalue weighted by molar-refractivity contribution is 5.76. The Hall–Kier alpha value is -1.42. The van der Waals surface area contributed by atoms with Crippen molar-refractivity contribution < 1.29 is 4.79 Å². The Labute approximate surface area is 102 Å². The molecular formula is C13H19N3O. The third-order valence-corrected chi connectivity index (χ3v) is 3.21. The molecule has 0 aromatic carbocycles. The highest BCUT2D eigenvalue weighted by Crippen LogP contribution is 2.11. The Morgan fingerprint density at radius 1 is 1.65 bits per heavy atom. The average molecular weight is 233 g/mol. The van der Waals surface area contributed by atoms with Crippen LogP contribution in [0, 0.1) is 12.8 Å². The summed E-state index contributed by atoms with van der Waals surface area (Å²) in [5.74, 6) is 0.628. The molecule has 2 N–H and O–H groups in total. The molecule has 2 rings (SSSR count). The van der Waals surface area contributed by atoms with E-state index in [2.05, 4.69) is 15.6 Å². The normalized spacial score (nSPS) is 19.2. The molecule has 0 aliphatic carbocycles. The van der Waals surface area contributed by atoms with E-state index in [0.29, 0.717) is 18.9 Å². The molecule has 4 heteroatoms. The van der Waals surface area contributed by atoms with E-state index < -0.39 is 0 Å². The largest absolute Gasteiger partial charge is 0.350 e. The van der Waals surface area contributed by atoms with Crippen molar-refractivity contribution in [1.29, 1.82) is 0 Å². The molecule has 1 fully saturated rings. The number of carbonyl (C=O) groups is 1. The summed E-state index contributed by atoms with van der Waals surface area (Å²) in [5, 5.41) is 6.21. The lowest BCUT2D eigenvalue weighted by molar-refractivity contribution is -0.122. The third kappa shape index (κ3) is 3.53. The number of pyridine rings is 1. The molecule has 1 saturated heterocycles. The van der Waals surface area contributed by atoms with Crippen LogP contribution in [0.3, 0.4) is 0 Å². The fourth-order valence-corrected chi connectivity index (χ4v) is 2.11. The molecule has 1 aliphatic heterocycles. The minimum atomic E-state index is 0.128. The zero-order valence-corrected chi connectivity index (χ0v) is 10.2. The number of aryl methyl sites for hydroxylation is 1. The summed E-state index contributed by atoms with van der Waals surface area (Å²) >= 11 is 0. The van der Waals surface area contributed by atoms with Crippen molar-refractivity contribution in [3.63, 3.8) is 0 Å². The maximum Gasteiger partial charge on any atom is 0.220 e. The first-order valence-electron chi connectivity index (χ1n) is 6.13. The van der Waals surface area contributed by atoms with E-state index in [1.807, 2.05) is 19.1 Å². The van der Waals surface area contributed by atoms with Crippen LogP contribution < -0.4 is 10.6 Å². The molecule has 1 unspecified atom stereocenters. The number of nitrogens with zero attached hydrogens (tertiary/aromatic N) is 1. The van der Waals surface area contributed by atoms with Crippen LogP contribution in [-0.2, 0) is 11.3 Å². The topological polar surface area (TPSA) is 54.0 Å². The second-order valence-electron chi connectivity index (χ2n) is 4.61. The van der Waals surface area contributed by atoms with Gasteiger partial charge in [-0.05, 0) is 44.0 Å². The Balaban J connectivity index is 1.77. The van der Waals surface area contributed by atoms with Crippen molar-refractivity contribution in [1.82, 2.24) is 15.6 Å². The maximum atomic E-state index is 11.7. The van der Waals surface area contributed by atoms with E-state index in [0.717, 1.165) is 30.8 Å². The lowest BCUT2D eigenvalue weighted by Crippen LogP contribution is -2.26. The molecule has 1 aromatic heterocycles. The van der Waals surface area contributed by atoms with Gasteiger partial charge in [-0.15, -0.1) is 0 Å². The first kappa shape index (κ1) is 12.0. The summed E-state index contributed by atoms with van der Waals surface area (Å²) in [7, 11) is 0. The fourth-order valence-electron chi connectivity index (χ4n) is 2.11. The molecular weight excluding hydrogens is 214 g/mol. The number of hydrogen-bond acceptors (Lipinski definition) is 3. The first-order chi connectivity index (χ1) is 8.25. The number of carbonyl (C=O) groups excluding carboxylic acids is 1. The van der Waals surface area contributed by atoms with Gasteiger partial charge >= 0.3 is 0 Å². The second kappa shape index (κ2) is 5.77. The molecule has 0 spiro atoms. The van der Waals surface area contributed by atoms with E-state index in [4.69, 9.17) is 0 Å². The molecule has 0 bridgehead atoms. The van der Waals surface area contributed by atoms with Gasteiger partial charge < -0.3 is 10.6 Å². The van der Waals surface area contributed by atoms with Gasteiger partial charge in [0.15, 0.2) is 0 Å².